The van der Waals surface area contributed by atoms with Crippen LogP contribution in [0.2, 0.25) is 0 Å². The summed E-state index contributed by atoms with van der Waals surface area (Å²) in [5, 5.41) is 10.3. The van der Waals surface area contributed by atoms with Gasteiger partial charge in [0.15, 0.2) is 0 Å². The molecule has 1 rings (SSSR count). The summed E-state index contributed by atoms with van der Waals surface area (Å²) in [4.78, 5) is 0. The van der Waals surface area contributed by atoms with Gasteiger partial charge < -0.3 is 9.84 Å². The molecule has 0 aliphatic carbocycles. The molecular weight excluding hydrogens is 280 g/mol. The highest BCUT2D eigenvalue weighted by molar-refractivity contribution is 9.10. The van der Waals surface area contributed by atoms with Crippen LogP contribution in [0, 0.1) is 5.92 Å². The summed E-state index contributed by atoms with van der Waals surface area (Å²) in [6.45, 7) is 6.83. The Balaban J connectivity index is 2.83. The molecule has 3 heteroatoms. The van der Waals surface area contributed by atoms with Crippen molar-refractivity contribution in [2.45, 2.75) is 39.7 Å². The zero-order valence-corrected chi connectivity index (χ0v) is 12.3. The van der Waals surface area contributed by atoms with Gasteiger partial charge in [-0.3, -0.25) is 0 Å². The number of halogens is 1. The van der Waals surface area contributed by atoms with Crippen molar-refractivity contribution in [3.05, 3.63) is 28.2 Å². The molecule has 2 nitrogen and oxygen atoms in total. The van der Waals surface area contributed by atoms with E-state index in [2.05, 4.69) is 29.8 Å². The van der Waals surface area contributed by atoms with E-state index in [1.54, 1.807) is 0 Å². The van der Waals surface area contributed by atoms with Crippen molar-refractivity contribution in [3.63, 3.8) is 0 Å². The summed E-state index contributed by atoms with van der Waals surface area (Å²) < 4.78 is 6.33. The summed E-state index contributed by atoms with van der Waals surface area (Å²) in [6, 6.07) is 5.76. The predicted molar refractivity (Wildman–Crippen MR) is 74.3 cm³/mol. The zero-order valence-electron chi connectivity index (χ0n) is 10.7. The number of hydrogen-bond acceptors (Lipinski definition) is 2. The van der Waals surface area contributed by atoms with E-state index < -0.39 is 6.10 Å². The lowest BCUT2D eigenvalue weighted by Crippen LogP contribution is -2.09. The molecule has 1 N–H and O–H groups in total. The van der Waals surface area contributed by atoms with Crippen LogP contribution in [-0.4, -0.2) is 11.7 Å². The smallest absolute Gasteiger partial charge is 0.120 e. The van der Waals surface area contributed by atoms with Crippen molar-refractivity contribution < 1.29 is 9.84 Å². The maximum atomic E-state index is 10.3. The fourth-order valence-electron chi connectivity index (χ4n) is 1.92. The van der Waals surface area contributed by atoms with Gasteiger partial charge in [0.2, 0.25) is 0 Å². The number of rotatable bonds is 6. The van der Waals surface area contributed by atoms with E-state index in [-0.39, 0.29) is 5.92 Å². The predicted octanol–water partition coefficient (Wildman–Crippen LogP) is 4.32. The normalized spacial score (nSPS) is 14.4. The van der Waals surface area contributed by atoms with E-state index in [1.807, 2.05) is 25.1 Å². The molecule has 0 saturated carbocycles. The van der Waals surface area contributed by atoms with E-state index in [9.17, 15) is 5.11 Å². The Morgan fingerprint density at radius 1 is 1.35 bits per heavy atom. The van der Waals surface area contributed by atoms with Crippen molar-refractivity contribution in [2.24, 2.45) is 5.92 Å². The Morgan fingerprint density at radius 3 is 2.59 bits per heavy atom. The van der Waals surface area contributed by atoms with E-state index in [0.29, 0.717) is 6.61 Å². The molecule has 1 aromatic rings. The second-order valence-electron chi connectivity index (χ2n) is 4.33. The number of hydrogen-bond donors (Lipinski definition) is 1. The minimum absolute atomic E-state index is 0.272. The molecule has 0 spiro atoms. The first kappa shape index (κ1) is 14.5. The molecule has 2 atom stereocenters. The zero-order chi connectivity index (χ0) is 12.8. The highest BCUT2D eigenvalue weighted by atomic mass is 79.9. The van der Waals surface area contributed by atoms with Gasteiger partial charge in [-0.25, -0.2) is 0 Å². The first-order chi connectivity index (χ1) is 8.10. The number of benzene rings is 1. The van der Waals surface area contributed by atoms with Crippen molar-refractivity contribution in [2.75, 3.05) is 6.61 Å². The molecule has 2 unspecified atom stereocenters. The minimum Gasteiger partial charge on any atom is -0.494 e. The van der Waals surface area contributed by atoms with Gasteiger partial charge in [0, 0.05) is 4.47 Å². The molecule has 17 heavy (non-hydrogen) atoms. The average molecular weight is 301 g/mol. The maximum absolute atomic E-state index is 10.3. The first-order valence-corrected chi connectivity index (χ1v) is 6.99. The number of aliphatic hydroxyl groups is 1. The maximum Gasteiger partial charge on any atom is 0.120 e. The summed E-state index contributed by atoms with van der Waals surface area (Å²) in [6.07, 6.45) is 1.70. The fourth-order valence-corrected chi connectivity index (χ4v) is 2.52. The highest BCUT2D eigenvalue weighted by Crippen LogP contribution is 2.33. The number of aliphatic hydroxyl groups excluding tert-OH is 1. The van der Waals surface area contributed by atoms with Gasteiger partial charge >= 0.3 is 0 Å². The molecule has 0 amide bonds. The second kappa shape index (κ2) is 7.02. The van der Waals surface area contributed by atoms with Crippen molar-refractivity contribution in [3.8, 4) is 5.75 Å². The molecule has 0 saturated heterocycles. The summed E-state index contributed by atoms with van der Waals surface area (Å²) >= 11 is 3.50. The van der Waals surface area contributed by atoms with Gasteiger partial charge in [-0.1, -0.05) is 42.3 Å². The van der Waals surface area contributed by atoms with E-state index in [4.69, 9.17) is 4.74 Å². The quantitative estimate of drug-likeness (QED) is 0.848. The van der Waals surface area contributed by atoms with Crippen LogP contribution in [-0.2, 0) is 0 Å². The van der Waals surface area contributed by atoms with Crippen LogP contribution in [0.4, 0.5) is 0 Å². The Labute approximate surface area is 112 Å². The van der Waals surface area contributed by atoms with Gasteiger partial charge in [-0.05, 0) is 37.0 Å². The molecule has 0 fully saturated rings. The van der Waals surface area contributed by atoms with Gasteiger partial charge in [0.05, 0.1) is 12.7 Å². The van der Waals surface area contributed by atoms with Crippen LogP contribution in [0.3, 0.4) is 0 Å². The lowest BCUT2D eigenvalue weighted by atomic mass is 9.93. The van der Waals surface area contributed by atoms with Crippen molar-refractivity contribution in [1.29, 1.82) is 0 Å². The molecule has 0 bridgehead atoms. The highest BCUT2D eigenvalue weighted by Gasteiger charge is 2.18. The SMILES string of the molecule is CCCC(C)C(O)c1ccc(OCC)cc1Br. The van der Waals surface area contributed by atoms with Gasteiger partial charge in [-0.15, -0.1) is 0 Å². The molecule has 96 valence electrons. The van der Waals surface area contributed by atoms with Crippen LogP contribution in [0.1, 0.15) is 45.3 Å². The van der Waals surface area contributed by atoms with Crippen LogP contribution >= 0.6 is 15.9 Å². The first-order valence-electron chi connectivity index (χ1n) is 6.20. The van der Waals surface area contributed by atoms with Gasteiger partial charge in [0.25, 0.3) is 0 Å². The third-order valence-corrected chi connectivity index (χ3v) is 3.57. The lowest BCUT2D eigenvalue weighted by Gasteiger charge is -2.20. The third-order valence-electron chi connectivity index (χ3n) is 2.88. The van der Waals surface area contributed by atoms with Crippen LogP contribution in [0.5, 0.6) is 5.75 Å². The molecular formula is C14H21BrO2. The Kier molecular flexibility index (Phi) is 6.00. The van der Waals surface area contributed by atoms with Crippen LogP contribution in [0.15, 0.2) is 22.7 Å². The number of ether oxygens (including phenoxy) is 1. The average Bonchev–Trinajstić information content (AvgIpc) is 2.29. The van der Waals surface area contributed by atoms with Crippen molar-refractivity contribution >= 4 is 15.9 Å². The van der Waals surface area contributed by atoms with E-state index >= 15 is 0 Å². The largest absolute Gasteiger partial charge is 0.494 e. The Hall–Kier alpha value is -0.540. The standard InChI is InChI=1S/C14H21BrO2/c1-4-6-10(3)14(16)12-8-7-11(17-5-2)9-13(12)15/h7-10,14,16H,4-6H2,1-3H3. The molecule has 0 aromatic heterocycles. The van der Waals surface area contributed by atoms with Gasteiger partial charge in [-0.2, -0.15) is 0 Å². The molecule has 1 aromatic carbocycles. The Bertz CT molecular complexity index is 352. The molecule has 0 aliphatic heterocycles. The summed E-state index contributed by atoms with van der Waals surface area (Å²) in [7, 11) is 0. The minimum atomic E-state index is -0.417. The second-order valence-corrected chi connectivity index (χ2v) is 5.18. The molecule has 0 aliphatic rings. The monoisotopic (exact) mass is 300 g/mol. The molecule has 0 heterocycles. The van der Waals surface area contributed by atoms with Crippen molar-refractivity contribution in [1.82, 2.24) is 0 Å². The molecule has 0 radical (unpaired) electrons. The van der Waals surface area contributed by atoms with Gasteiger partial charge in [0.1, 0.15) is 5.75 Å². The fraction of sp³-hybridized carbons (Fsp3) is 0.571. The van der Waals surface area contributed by atoms with E-state index in [1.165, 1.54) is 0 Å². The van der Waals surface area contributed by atoms with Crippen LogP contribution < -0.4 is 4.74 Å². The van der Waals surface area contributed by atoms with Crippen LogP contribution in [0.25, 0.3) is 0 Å². The topological polar surface area (TPSA) is 29.5 Å². The lowest BCUT2D eigenvalue weighted by molar-refractivity contribution is 0.111. The van der Waals surface area contributed by atoms with E-state index in [0.717, 1.165) is 28.6 Å². The third kappa shape index (κ3) is 4.00. The summed E-state index contributed by atoms with van der Waals surface area (Å²) in [5.41, 5.74) is 0.939. The summed E-state index contributed by atoms with van der Waals surface area (Å²) in [5.74, 6) is 1.10. The Morgan fingerprint density at radius 2 is 2.06 bits per heavy atom.